The Bertz CT molecular complexity index is 381. The number of hydrogen-bond acceptors (Lipinski definition) is 2. The van der Waals surface area contributed by atoms with Gasteiger partial charge in [0, 0.05) is 19.0 Å². The van der Waals surface area contributed by atoms with Crippen molar-refractivity contribution in [1.29, 1.82) is 0 Å². The minimum absolute atomic E-state index is 0.547. The Morgan fingerprint density at radius 3 is 2.74 bits per heavy atom. The molecule has 0 amide bonds. The molecule has 1 aromatic rings. The zero-order valence-corrected chi connectivity index (χ0v) is 13.1. The number of nitrogens with one attached hydrogen (secondary N) is 1. The maximum Gasteiger partial charge on any atom is 0.0820 e. The lowest BCUT2D eigenvalue weighted by atomic mass is 9.85. The fraction of sp³-hybridized carbons (Fsp3) is 0.800. The molecule has 1 aliphatic rings. The van der Waals surface area contributed by atoms with Gasteiger partial charge in [0.15, 0.2) is 0 Å². The Labute approximate surface area is 121 Å². The van der Waals surface area contributed by atoms with E-state index in [1.54, 1.807) is 6.20 Å². The lowest BCUT2D eigenvalue weighted by Crippen LogP contribution is -2.32. The van der Waals surface area contributed by atoms with Crippen LogP contribution in [0.2, 0.25) is 5.02 Å². The van der Waals surface area contributed by atoms with E-state index in [1.807, 2.05) is 11.7 Å². The van der Waals surface area contributed by atoms with Gasteiger partial charge < -0.3 is 5.32 Å². The average Bonchev–Trinajstić information content (AvgIpc) is 2.58. The molecule has 0 saturated heterocycles. The summed E-state index contributed by atoms with van der Waals surface area (Å²) in [5, 5.41) is 8.75. The molecule has 0 aliphatic heterocycles. The maximum absolute atomic E-state index is 6.36. The first kappa shape index (κ1) is 14.9. The summed E-state index contributed by atoms with van der Waals surface area (Å²) in [5.41, 5.74) is 1.24. The van der Waals surface area contributed by atoms with Crippen molar-refractivity contribution in [2.45, 2.75) is 57.9 Å². The monoisotopic (exact) mass is 283 g/mol. The number of halogens is 1. The van der Waals surface area contributed by atoms with Crippen molar-refractivity contribution in [3.63, 3.8) is 0 Å². The number of nitrogens with zero attached hydrogens (tertiary/aromatic N) is 2. The first-order valence-corrected chi connectivity index (χ1v) is 7.88. The fourth-order valence-electron chi connectivity index (χ4n) is 3.21. The van der Waals surface area contributed by atoms with Crippen LogP contribution in [0.3, 0.4) is 0 Å². The third-order valence-corrected chi connectivity index (χ3v) is 4.53. The molecule has 0 spiro atoms. The van der Waals surface area contributed by atoms with E-state index in [0.29, 0.717) is 17.9 Å². The number of rotatable bonds is 4. The third-order valence-electron chi connectivity index (χ3n) is 4.24. The zero-order chi connectivity index (χ0) is 13.8. The molecule has 1 aliphatic carbocycles. The highest BCUT2D eigenvalue weighted by atomic mass is 35.5. The van der Waals surface area contributed by atoms with Crippen LogP contribution in [0.4, 0.5) is 0 Å². The quantitative estimate of drug-likeness (QED) is 0.853. The van der Waals surface area contributed by atoms with E-state index >= 15 is 0 Å². The van der Waals surface area contributed by atoms with E-state index in [2.05, 4.69) is 24.3 Å². The normalized spacial score (nSPS) is 24.7. The van der Waals surface area contributed by atoms with Crippen LogP contribution in [0.25, 0.3) is 0 Å². The minimum Gasteiger partial charge on any atom is -0.314 e. The van der Waals surface area contributed by atoms with Crippen molar-refractivity contribution in [2.75, 3.05) is 6.54 Å². The van der Waals surface area contributed by atoms with E-state index in [-0.39, 0.29) is 0 Å². The molecule has 1 aromatic heterocycles. The molecule has 2 unspecified atom stereocenters. The maximum atomic E-state index is 6.36. The first-order valence-electron chi connectivity index (χ1n) is 7.50. The van der Waals surface area contributed by atoms with Gasteiger partial charge >= 0.3 is 0 Å². The lowest BCUT2D eigenvalue weighted by molar-refractivity contribution is 0.351. The van der Waals surface area contributed by atoms with Gasteiger partial charge in [-0.25, -0.2) is 0 Å². The van der Waals surface area contributed by atoms with Crippen molar-refractivity contribution in [3.05, 3.63) is 16.9 Å². The van der Waals surface area contributed by atoms with Gasteiger partial charge in [-0.1, -0.05) is 44.7 Å². The van der Waals surface area contributed by atoms with E-state index in [0.717, 1.165) is 11.6 Å². The molecule has 1 N–H and O–H groups in total. The van der Waals surface area contributed by atoms with Crippen molar-refractivity contribution < 1.29 is 0 Å². The smallest absolute Gasteiger partial charge is 0.0820 e. The largest absolute Gasteiger partial charge is 0.314 e. The van der Waals surface area contributed by atoms with Crippen LogP contribution in [-0.4, -0.2) is 22.4 Å². The van der Waals surface area contributed by atoms with Crippen LogP contribution >= 0.6 is 11.6 Å². The summed E-state index contributed by atoms with van der Waals surface area (Å²) < 4.78 is 1.97. The number of hydrogen-bond donors (Lipinski definition) is 1. The molecule has 2 atom stereocenters. The van der Waals surface area contributed by atoms with Crippen molar-refractivity contribution in [2.24, 2.45) is 13.0 Å². The highest BCUT2D eigenvalue weighted by Crippen LogP contribution is 2.38. The standard InChI is InChI=1S/C15H26ClN3/c1-11(2)17-9-12-7-5-4-6-8-13(12)15-14(16)10-18-19(15)3/h10-13,17H,4-9H2,1-3H3. The molecule has 0 aromatic carbocycles. The Hall–Kier alpha value is -0.540. The molecule has 1 saturated carbocycles. The van der Waals surface area contributed by atoms with E-state index in [9.17, 15) is 0 Å². The summed E-state index contributed by atoms with van der Waals surface area (Å²) in [6.45, 7) is 5.51. The van der Waals surface area contributed by atoms with Gasteiger partial charge in [-0.15, -0.1) is 0 Å². The van der Waals surface area contributed by atoms with Gasteiger partial charge in [-0.2, -0.15) is 5.10 Å². The highest BCUT2D eigenvalue weighted by molar-refractivity contribution is 6.31. The van der Waals surface area contributed by atoms with Crippen LogP contribution in [-0.2, 0) is 7.05 Å². The molecule has 0 radical (unpaired) electrons. The summed E-state index contributed by atoms with van der Waals surface area (Å²) in [4.78, 5) is 0. The predicted octanol–water partition coefficient (Wildman–Crippen LogP) is 3.74. The summed E-state index contributed by atoms with van der Waals surface area (Å²) in [7, 11) is 2.01. The van der Waals surface area contributed by atoms with Gasteiger partial charge in [-0.3, -0.25) is 4.68 Å². The molecule has 4 heteroatoms. The van der Waals surface area contributed by atoms with Gasteiger partial charge in [-0.05, 0) is 25.3 Å². The van der Waals surface area contributed by atoms with E-state index in [4.69, 9.17) is 11.6 Å². The van der Waals surface area contributed by atoms with Gasteiger partial charge in [0.2, 0.25) is 0 Å². The van der Waals surface area contributed by atoms with Crippen LogP contribution < -0.4 is 5.32 Å². The predicted molar refractivity (Wildman–Crippen MR) is 80.7 cm³/mol. The highest BCUT2D eigenvalue weighted by Gasteiger charge is 2.29. The summed E-state index contributed by atoms with van der Waals surface area (Å²) in [5.74, 6) is 1.23. The second-order valence-corrected chi connectivity index (χ2v) is 6.48. The van der Waals surface area contributed by atoms with Crippen LogP contribution in [0, 0.1) is 5.92 Å². The second kappa shape index (κ2) is 6.76. The Morgan fingerprint density at radius 2 is 2.11 bits per heavy atom. The molecule has 19 heavy (non-hydrogen) atoms. The Balaban J connectivity index is 2.17. The molecule has 1 heterocycles. The molecule has 2 rings (SSSR count). The summed E-state index contributed by atoms with van der Waals surface area (Å²) in [6, 6.07) is 0.547. The fourth-order valence-corrected chi connectivity index (χ4v) is 3.52. The molecular formula is C15H26ClN3. The van der Waals surface area contributed by atoms with Crippen molar-refractivity contribution in [3.8, 4) is 0 Å². The lowest BCUT2D eigenvalue weighted by Gasteiger charge is -2.27. The van der Waals surface area contributed by atoms with E-state index in [1.165, 1.54) is 37.8 Å². The van der Waals surface area contributed by atoms with Crippen LogP contribution in [0.15, 0.2) is 6.20 Å². The van der Waals surface area contributed by atoms with E-state index < -0.39 is 0 Å². The summed E-state index contributed by atoms with van der Waals surface area (Å²) in [6.07, 6.45) is 8.33. The second-order valence-electron chi connectivity index (χ2n) is 6.07. The van der Waals surface area contributed by atoms with Gasteiger partial charge in [0.25, 0.3) is 0 Å². The number of aromatic nitrogens is 2. The SMILES string of the molecule is CC(C)NCC1CCCCCC1c1c(Cl)cnn1C. The number of aryl methyl sites for hydroxylation is 1. The van der Waals surface area contributed by atoms with Gasteiger partial charge in [0.1, 0.15) is 0 Å². The van der Waals surface area contributed by atoms with Crippen LogP contribution in [0.5, 0.6) is 0 Å². The van der Waals surface area contributed by atoms with Crippen molar-refractivity contribution in [1.82, 2.24) is 15.1 Å². The Morgan fingerprint density at radius 1 is 1.37 bits per heavy atom. The Kier molecular flexibility index (Phi) is 5.28. The average molecular weight is 284 g/mol. The van der Waals surface area contributed by atoms with Crippen LogP contribution in [0.1, 0.15) is 57.6 Å². The first-order chi connectivity index (χ1) is 9.09. The zero-order valence-electron chi connectivity index (χ0n) is 12.3. The molecule has 3 nitrogen and oxygen atoms in total. The molecular weight excluding hydrogens is 258 g/mol. The van der Waals surface area contributed by atoms with Crippen molar-refractivity contribution >= 4 is 11.6 Å². The molecule has 0 bridgehead atoms. The third kappa shape index (κ3) is 3.73. The summed E-state index contributed by atoms with van der Waals surface area (Å²) >= 11 is 6.36. The van der Waals surface area contributed by atoms with Gasteiger partial charge in [0.05, 0.1) is 16.9 Å². The topological polar surface area (TPSA) is 29.9 Å². The molecule has 1 fully saturated rings. The minimum atomic E-state index is 0.547. The molecule has 108 valence electrons.